The Hall–Kier alpha value is -2.37. The molecule has 2 heterocycles. The number of hydrogen-bond acceptors (Lipinski definition) is 5. The van der Waals surface area contributed by atoms with E-state index >= 15 is 0 Å². The number of hydrogen-bond donors (Lipinski definition) is 0. The Balaban J connectivity index is 1.59. The van der Waals surface area contributed by atoms with Gasteiger partial charge < -0.3 is 14.1 Å². The molecule has 1 fully saturated rings. The highest BCUT2D eigenvalue weighted by Crippen LogP contribution is 2.28. The van der Waals surface area contributed by atoms with Crippen molar-refractivity contribution in [3.05, 3.63) is 30.2 Å². The first kappa shape index (κ1) is 16.5. The van der Waals surface area contributed by atoms with Crippen LogP contribution in [0.2, 0.25) is 0 Å². The largest absolute Gasteiger partial charge is 0.496 e. The molecule has 0 aliphatic carbocycles. The number of amides is 1. The lowest BCUT2D eigenvalue weighted by Gasteiger charge is -2.30. The standard InChI is InChI=1S/C18H23N3O3/c1-13-9-11-21(12-10-13)17(22)8-7-16-19-20-18(24-16)14-5-3-4-6-15(14)23-2/h3-6,13H,7-12H2,1-2H3. The predicted molar refractivity (Wildman–Crippen MR) is 89.6 cm³/mol. The highest BCUT2D eigenvalue weighted by Gasteiger charge is 2.21. The molecule has 6 heteroatoms. The van der Waals surface area contributed by atoms with Crippen LogP contribution in [0.4, 0.5) is 0 Å². The monoisotopic (exact) mass is 329 g/mol. The zero-order valence-electron chi connectivity index (χ0n) is 14.2. The fraction of sp³-hybridized carbons (Fsp3) is 0.500. The fourth-order valence-electron chi connectivity index (χ4n) is 2.91. The Morgan fingerprint density at radius 2 is 2.04 bits per heavy atom. The van der Waals surface area contributed by atoms with E-state index in [1.807, 2.05) is 29.2 Å². The van der Waals surface area contributed by atoms with E-state index in [9.17, 15) is 4.79 Å². The number of methoxy groups -OCH3 is 1. The number of para-hydroxylation sites is 1. The van der Waals surface area contributed by atoms with Gasteiger partial charge in [0.05, 0.1) is 12.7 Å². The summed E-state index contributed by atoms with van der Waals surface area (Å²) in [5.41, 5.74) is 0.759. The van der Waals surface area contributed by atoms with Crippen molar-refractivity contribution < 1.29 is 13.9 Å². The normalized spacial score (nSPS) is 15.5. The third-order valence-electron chi connectivity index (χ3n) is 4.49. The van der Waals surface area contributed by atoms with Crippen LogP contribution >= 0.6 is 0 Å². The van der Waals surface area contributed by atoms with Crippen molar-refractivity contribution in [1.29, 1.82) is 0 Å². The van der Waals surface area contributed by atoms with Gasteiger partial charge in [-0.1, -0.05) is 19.1 Å². The first-order valence-electron chi connectivity index (χ1n) is 8.41. The van der Waals surface area contributed by atoms with E-state index in [2.05, 4.69) is 17.1 Å². The maximum Gasteiger partial charge on any atom is 0.251 e. The van der Waals surface area contributed by atoms with Gasteiger partial charge in [0.25, 0.3) is 5.89 Å². The van der Waals surface area contributed by atoms with Gasteiger partial charge >= 0.3 is 0 Å². The van der Waals surface area contributed by atoms with Crippen molar-refractivity contribution >= 4 is 5.91 Å². The summed E-state index contributed by atoms with van der Waals surface area (Å²) < 4.78 is 11.0. The Morgan fingerprint density at radius 3 is 2.79 bits per heavy atom. The molecule has 1 aromatic carbocycles. The van der Waals surface area contributed by atoms with Gasteiger partial charge in [-0.15, -0.1) is 10.2 Å². The minimum Gasteiger partial charge on any atom is -0.496 e. The second-order valence-corrected chi connectivity index (χ2v) is 6.26. The maximum absolute atomic E-state index is 12.3. The molecule has 128 valence electrons. The van der Waals surface area contributed by atoms with E-state index in [4.69, 9.17) is 9.15 Å². The Morgan fingerprint density at radius 1 is 1.29 bits per heavy atom. The molecule has 0 N–H and O–H groups in total. The highest BCUT2D eigenvalue weighted by atomic mass is 16.5. The van der Waals surface area contributed by atoms with Crippen LogP contribution in [0.5, 0.6) is 5.75 Å². The molecule has 6 nitrogen and oxygen atoms in total. The van der Waals surface area contributed by atoms with Crippen molar-refractivity contribution in [3.63, 3.8) is 0 Å². The van der Waals surface area contributed by atoms with Crippen molar-refractivity contribution in [2.75, 3.05) is 20.2 Å². The van der Waals surface area contributed by atoms with Crippen LogP contribution in [-0.4, -0.2) is 41.2 Å². The molecule has 0 saturated carbocycles. The number of carbonyl (C=O) groups excluding carboxylic acids is 1. The van der Waals surface area contributed by atoms with Crippen LogP contribution in [0.1, 0.15) is 32.1 Å². The maximum atomic E-state index is 12.3. The van der Waals surface area contributed by atoms with E-state index in [1.165, 1.54) is 0 Å². The van der Waals surface area contributed by atoms with Crippen LogP contribution < -0.4 is 4.74 Å². The van der Waals surface area contributed by atoms with Crippen LogP contribution in [0.15, 0.2) is 28.7 Å². The molecule has 0 radical (unpaired) electrons. The Bertz CT molecular complexity index is 690. The lowest BCUT2D eigenvalue weighted by atomic mass is 9.99. The molecule has 2 aromatic rings. The van der Waals surface area contributed by atoms with E-state index < -0.39 is 0 Å². The lowest BCUT2D eigenvalue weighted by Crippen LogP contribution is -2.38. The summed E-state index contributed by atoms with van der Waals surface area (Å²) in [5.74, 6) is 2.47. The summed E-state index contributed by atoms with van der Waals surface area (Å²) in [4.78, 5) is 14.2. The van der Waals surface area contributed by atoms with Crippen LogP contribution in [0.3, 0.4) is 0 Å². The number of carbonyl (C=O) groups is 1. The number of aryl methyl sites for hydroxylation is 1. The molecular weight excluding hydrogens is 306 g/mol. The molecule has 0 unspecified atom stereocenters. The summed E-state index contributed by atoms with van der Waals surface area (Å²) in [6, 6.07) is 7.50. The van der Waals surface area contributed by atoms with E-state index in [0.717, 1.165) is 31.5 Å². The van der Waals surface area contributed by atoms with Crippen LogP contribution in [-0.2, 0) is 11.2 Å². The summed E-state index contributed by atoms with van der Waals surface area (Å²) >= 11 is 0. The molecule has 1 aromatic heterocycles. The van der Waals surface area contributed by atoms with Crippen LogP contribution in [0.25, 0.3) is 11.5 Å². The van der Waals surface area contributed by atoms with Crippen molar-refractivity contribution in [2.24, 2.45) is 5.92 Å². The number of ether oxygens (including phenoxy) is 1. The number of nitrogens with zero attached hydrogens (tertiary/aromatic N) is 3. The van der Waals surface area contributed by atoms with Gasteiger partial charge in [0.15, 0.2) is 0 Å². The smallest absolute Gasteiger partial charge is 0.251 e. The summed E-state index contributed by atoms with van der Waals surface area (Å²) in [5, 5.41) is 8.13. The summed E-state index contributed by atoms with van der Waals surface area (Å²) in [6.07, 6.45) is 3.05. The topological polar surface area (TPSA) is 68.5 Å². The molecule has 0 atom stereocenters. The molecule has 1 amide bonds. The Labute approximate surface area is 141 Å². The fourth-order valence-corrected chi connectivity index (χ4v) is 2.91. The highest BCUT2D eigenvalue weighted by molar-refractivity contribution is 5.76. The third-order valence-corrected chi connectivity index (χ3v) is 4.49. The molecule has 1 saturated heterocycles. The molecule has 1 aliphatic heterocycles. The first-order valence-corrected chi connectivity index (χ1v) is 8.41. The molecule has 0 bridgehead atoms. The molecule has 1 aliphatic rings. The second-order valence-electron chi connectivity index (χ2n) is 6.26. The van der Waals surface area contributed by atoms with Gasteiger partial charge in [-0.25, -0.2) is 0 Å². The summed E-state index contributed by atoms with van der Waals surface area (Å²) in [7, 11) is 1.61. The predicted octanol–water partition coefficient (Wildman–Crippen LogP) is 2.94. The van der Waals surface area contributed by atoms with Gasteiger partial charge in [0, 0.05) is 25.9 Å². The number of likely N-dealkylation sites (tertiary alicyclic amines) is 1. The van der Waals surface area contributed by atoms with Gasteiger partial charge in [-0.05, 0) is 30.9 Å². The zero-order valence-corrected chi connectivity index (χ0v) is 14.2. The van der Waals surface area contributed by atoms with Gasteiger partial charge in [0.2, 0.25) is 11.8 Å². The molecule has 3 rings (SSSR count). The number of rotatable bonds is 5. The van der Waals surface area contributed by atoms with Gasteiger partial charge in [0.1, 0.15) is 5.75 Å². The first-order chi connectivity index (χ1) is 11.7. The second kappa shape index (κ2) is 7.47. The number of benzene rings is 1. The van der Waals surface area contributed by atoms with E-state index in [0.29, 0.717) is 36.3 Å². The van der Waals surface area contributed by atoms with Crippen molar-refractivity contribution in [1.82, 2.24) is 15.1 Å². The molecule has 24 heavy (non-hydrogen) atoms. The average Bonchev–Trinajstić information content (AvgIpc) is 3.09. The quantitative estimate of drug-likeness (QED) is 0.843. The summed E-state index contributed by atoms with van der Waals surface area (Å²) in [6.45, 7) is 3.95. The number of piperidine rings is 1. The van der Waals surface area contributed by atoms with E-state index in [1.54, 1.807) is 7.11 Å². The number of aromatic nitrogens is 2. The molecular formula is C18H23N3O3. The average molecular weight is 329 g/mol. The van der Waals surface area contributed by atoms with E-state index in [-0.39, 0.29) is 5.91 Å². The zero-order chi connectivity index (χ0) is 16.9. The van der Waals surface area contributed by atoms with Crippen LogP contribution in [0, 0.1) is 5.92 Å². The van der Waals surface area contributed by atoms with Crippen molar-refractivity contribution in [3.8, 4) is 17.2 Å². The Kier molecular flexibility index (Phi) is 5.13. The minimum atomic E-state index is 0.166. The van der Waals surface area contributed by atoms with Gasteiger partial charge in [-0.3, -0.25) is 4.79 Å². The molecule has 0 spiro atoms. The van der Waals surface area contributed by atoms with Crippen molar-refractivity contribution in [2.45, 2.75) is 32.6 Å². The SMILES string of the molecule is COc1ccccc1-c1nnc(CCC(=O)N2CCC(C)CC2)o1. The minimum absolute atomic E-state index is 0.166. The van der Waals surface area contributed by atoms with Gasteiger partial charge in [-0.2, -0.15) is 0 Å². The third kappa shape index (κ3) is 3.75. The lowest BCUT2D eigenvalue weighted by molar-refractivity contribution is -0.132.